The van der Waals surface area contributed by atoms with Gasteiger partial charge in [-0.15, -0.1) is 0 Å². The molecule has 2 fully saturated rings. The molecule has 3 heteroatoms. The highest BCUT2D eigenvalue weighted by Gasteiger charge is 2.60. The summed E-state index contributed by atoms with van der Waals surface area (Å²) in [4.78, 5) is 16.2. The largest absolute Gasteiger partial charge is 0.393 e. The lowest BCUT2D eigenvalue weighted by Crippen LogP contribution is -2.35. The molecule has 0 aromatic rings. The molecule has 14 heavy (non-hydrogen) atoms. The average molecular weight is 198 g/mol. The van der Waals surface area contributed by atoms with Gasteiger partial charge in [-0.1, -0.05) is 20.8 Å². The number of hydrogen-bond donors (Lipinski definition) is 1. The predicted molar refractivity (Wildman–Crippen MR) is 50.2 cm³/mol. The monoisotopic (exact) mass is 198 g/mol. The van der Waals surface area contributed by atoms with E-state index in [1.807, 2.05) is 0 Å². The molecule has 3 nitrogen and oxygen atoms in total. The topological polar surface area (TPSA) is 54.4 Å². The Bertz CT molecular complexity index is 253. The van der Waals surface area contributed by atoms with Crippen LogP contribution in [0.2, 0.25) is 0 Å². The van der Waals surface area contributed by atoms with Crippen molar-refractivity contribution >= 4 is 6.15 Å². The summed E-state index contributed by atoms with van der Waals surface area (Å²) in [5, 5.41) is 9.81. The lowest BCUT2D eigenvalue weighted by Gasteiger charge is -2.36. The van der Waals surface area contributed by atoms with Gasteiger partial charge in [-0.2, -0.15) is 9.59 Å². The van der Waals surface area contributed by atoms with Crippen LogP contribution >= 0.6 is 0 Å². The van der Waals surface area contributed by atoms with Crippen molar-refractivity contribution in [1.82, 2.24) is 0 Å². The van der Waals surface area contributed by atoms with Crippen molar-refractivity contribution in [2.24, 2.45) is 16.7 Å². The molecule has 2 aliphatic carbocycles. The summed E-state index contributed by atoms with van der Waals surface area (Å²) in [7, 11) is 0. The molecule has 2 bridgehead atoms. The molecule has 0 heterocycles. The highest BCUT2D eigenvalue weighted by atomic mass is 16.3. The predicted octanol–water partition coefficient (Wildman–Crippen LogP) is 1.61. The summed E-state index contributed by atoms with van der Waals surface area (Å²) in [6, 6.07) is 0. The van der Waals surface area contributed by atoms with E-state index in [0.29, 0.717) is 5.41 Å². The summed E-state index contributed by atoms with van der Waals surface area (Å²) < 4.78 is 0. The Morgan fingerprint density at radius 1 is 1.29 bits per heavy atom. The second-order valence-electron chi connectivity index (χ2n) is 5.21. The van der Waals surface area contributed by atoms with Crippen molar-refractivity contribution in [3.8, 4) is 0 Å². The Balaban J connectivity index is 0.000000293. The maximum atomic E-state index is 9.81. The fraction of sp³-hybridized carbons (Fsp3) is 0.909. The molecule has 0 amide bonds. The second kappa shape index (κ2) is 3.48. The van der Waals surface area contributed by atoms with Gasteiger partial charge in [0.1, 0.15) is 0 Å². The van der Waals surface area contributed by atoms with Crippen molar-refractivity contribution in [2.75, 3.05) is 0 Å². The maximum Gasteiger partial charge on any atom is 0.373 e. The van der Waals surface area contributed by atoms with Crippen LogP contribution in [0.1, 0.15) is 40.0 Å². The van der Waals surface area contributed by atoms with Gasteiger partial charge in [0.15, 0.2) is 0 Å². The van der Waals surface area contributed by atoms with Crippen molar-refractivity contribution in [3.05, 3.63) is 0 Å². The van der Waals surface area contributed by atoms with E-state index < -0.39 is 0 Å². The Hall–Kier alpha value is -0.660. The molecule has 3 unspecified atom stereocenters. The quantitative estimate of drug-likeness (QED) is 0.643. The lowest BCUT2D eigenvalue weighted by molar-refractivity contribution is -0.191. The van der Waals surface area contributed by atoms with Gasteiger partial charge in [-0.3, -0.25) is 0 Å². The van der Waals surface area contributed by atoms with Crippen molar-refractivity contribution in [1.29, 1.82) is 0 Å². The lowest BCUT2D eigenvalue weighted by atomic mass is 9.70. The number of aliphatic hydroxyl groups is 1. The highest BCUT2D eigenvalue weighted by Crippen LogP contribution is 2.65. The third-order valence-corrected chi connectivity index (χ3v) is 4.75. The van der Waals surface area contributed by atoms with Gasteiger partial charge in [-0.05, 0) is 36.0 Å². The number of carbonyl (C=O) groups excluding carboxylic acids is 2. The zero-order valence-electron chi connectivity index (χ0n) is 9.04. The van der Waals surface area contributed by atoms with Crippen LogP contribution in [-0.2, 0) is 9.59 Å². The maximum absolute atomic E-state index is 9.81. The van der Waals surface area contributed by atoms with E-state index in [0.717, 1.165) is 12.3 Å². The molecule has 3 atom stereocenters. The van der Waals surface area contributed by atoms with Crippen LogP contribution < -0.4 is 0 Å². The smallest absolute Gasteiger partial charge is 0.373 e. The first-order valence-electron chi connectivity index (χ1n) is 5.07. The Kier molecular flexibility index (Phi) is 2.84. The van der Waals surface area contributed by atoms with Gasteiger partial charge in [-0.25, -0.2) is 0 Å². The minimum absolute atomic E-state index is 0.0313. The van der Waals surface area contributed by atoms with Crippen LogP contribution in [0.25, 0.3) is 0 Å². The highest BCUT2D eigenvalue weighted by molar-refractivity contribution is 5.20. The molecule has 0 saturated heterocycles. The van der Waals surface area contributed by atoms with Crippen molar-refractivity contribution in [2.45, 2.75) is 46.1 Å². The fourth-order valence-electron chi connectivity index (χ4n) is 3.16. The van der Waals surface area contributed by atoms with E-state index in [2.05, 4.69) is 20.8 Å². The summed E-state index contributed by atoms with van der Waals surface area (Å²) in [6.45, 7) is 6.90. The molecule has 80 valence electrons. The number of hydrogen-bond acceptors (Lipinski definition) is 3. The Labute approximate surface area is 84.5 Å². The van der Waals surface area contributed by atoms with Crippen LogP contribution in [0.5, 0.6) is 0 Å². The fourth-order valence-corrected chi connectivity index (χ4v) is 3.16. The number of fused-ring (bicyclic) bond motifs is 2. The number of rotatable bonds is 0. The van der Waals surface area contributed by atoms with E-state index in [-0.39, 0.29) is 17.7 Å². The van der Waals surface area contributed by atoms with Gasteiger partial charge in [0.2, 0.25) is 0 Å². The van der Waals surface area contributed by atoms with Crippen LogP contribution in [0.3, 0.4) is 0 Å². The third-order valence-electron chi connectivity index (χ3n) is 4.75. The normalized spacial score (nSPS) is 42.6. The Morgan fingerprint density at radius 2 is 1.79 bits per heavy atom. The van der Waals surface area contributed by atoms with Crippen LogP contribution in [-0.4, -0.2) is 17.4 Å². The summed E-state index contributed by atoms with van der Waals surface area (Å²) in [5.41, 5.74) is 0.601. The van der Waals surface area contributed by atoms with E-state index in [1.54, 1.807) is 0 Å². The minimum atomic E-state index is -0.0313. The third kappa shape index (κ3) is 1.32. The molecular formula is C11H18O3. The van der Waals surface area contributed by atoms with Gasteiger partial charge in [0.05, 0.1) is 6.10 Å². The zero-order chi connectivity index (χ0) is 11.0. The molecule has 0 aromatic heterocycles. The van der Waals surface area contributed by atoms with Gasteiger partial charge < -0.3 is 5.11 Å². The molecule has 0 aliphatic heterocycles. The van der Waals surface area contributed by atoms with Gasteiger partial charge in [0, 0.05) is 0 Å². The van der Waals surface area contributed by atoms with E-state index in [9.17, 15) is 5.11 Å². The van der Waals surface area contributed by atoms with Crippen LogP contribution in [0.4, 0.5) is 0 Å². The molecule has 2 aliphatic rings. The summed E-state index contributed by atoms with van der Waals surface area (Å²) >= 11 is 0. The first kappa shape index (κ1) is 11.4. The molecule has 1 N–H and O–H groups in total. The van der Waals surface area contributed by atoms with E-state index >= 15 is 0 Å². The minimum Gasteiger partial charge on any atom is -0.393 e. The SMILES string of the molecule is CC1(C)C2CCC1(C)C(O)C2.O=C=O. The molecule has 0 radical (unpaired) electrons. The summed E-state index contributed by atoms with van der Waals surface area (Å²) in [5.74, 6) is 0.780. The number of aliphatic hydroxyl groups excluding tert-OH is 1. The van der Waals surface area contributed by atoms with Crippen molar-refractivity contribution in [3.63, 3.8) is 0 Å². The molecule has 2 rings (SSSR count). The van der Waals surface area contributed by atoms with Gasteiger partial charge >= 0.3 is 6.15 Å². The van der Waals surface area contributed by atoms with Crippen LogP contribution in [0.15, 0.2) is 0 Å². The van der Waals surface area contributed by atoms with E-state index in [4.69, 9.17) is 9.59 Å². The standard InChI is InChI=1S/C10H18O.CO2/c1-9(2)7-4-5-10(9,3)8(11)6-7;2-1-3/h7-8,11H,4-6H2,1-3H3;. The second-order valence-corrected chi connectivity index (χ2v) is 5.21. The first-order valence-corrected chi connectivity index (χ1v) is 5.07. The summed E-state index contributed by atoms with van der Waals surface area (Å²) in [6.07, 6.45) is 3.83. The van der Waals surface area contributed by atoms with E-state index in [1.165, 1.54) is 12.8 Å². The molecular weight excluding hydrogens is 180 g/mol. The van der Waals surface area contributed by atoms with Crippen LogP contribution in [0, 0.1) is 16.7 Å². The first-order chi connectivity index (χ1) is 6.40. The Morgan fingerprint density at radius 3 is 1.93 bits per heavy atom. The van der Waals surface area contributed by atoms with Crippen molar-refractivity contribution < 1.29 is 14.7 Å². The average Bonchev–Trinajstić information content (AvgIpc) is 2.38. The van der Waals surface area contributed by atoms with Gasteiger partial charge in [0.25, 0.3) is 0 Å². The molecule has 0 spiro atoms. The molecule has 2 saturated carbocycles. The zero-order valence-corrected chi connectivity index (χ0v) is 9.04. The molecule has 0 aromatic carbocycles.